The monoisotopic (exact) mass is 358 g/mol. The van der Waals surface area contributed by atoms with Gasteiger partial charge in [-0.15, -0.1) is 0 Å². The molecular formula is C19H22N2O3S. The third-order valence-corrected chi connectivity index (χ3v) is 5.89. The third kappa shape index (κ3) is 4.55. The van der Waals surface area contributed by atoms with E-state index >= 15 is 0 Å². The molecule has 25 heavy (non-hydrogen) atoms. The molecule has 0 unspecified atom stereocenters. The van der Waals surface area contributed by atoms with Crippen molar-refractivity contribution in [1.29, 1.82) is 5.26 Å². The van der Waals surface area contributed by atoms with Crippen molar-refractivity contribution < 1.29 is 14.3 Å². The molecule has 0 radical (unpaired) electrons. The number of hydrogen-bond donors (Lipinski definition) is 1. The molecule has 0 saturated heterocycles. The van der Waals surface area contributed by atoms with Crippen LogP contribution in [0.4, 0.5) is 5.69 Å². The normalized spacial score (nSPS) is 23.9. The van der Waals surface area contributed by atoms with Gasteiger partial charge in [-0.2, -0.15) is 5.26 Å². The van der Waals surface area contributed by atoms with Crippen LogP contribution in [0.15, 0.2) is 23.1 Å². The number of thiocyanates is 1. The van der Waals surface area contributed by atoms with Gasteiger partial charge in [0.2, 0.25) is 0 Å². The molecule has 0 heterocycles. The second-order valence-electron chi connectivity index (χ2n) is 7.02. The molecule has 6 heteroatoms. The van der Waals surface area contributed by atoms with Crippen molar-refractivity contribution in [2.45, 2.75) is 43.9 Å². The fourth-order valence-corrected chi connectivity index (χ4v) is 4.60. The fourth-order valence-electron chi connectivity index (χ4n) is 4.12. The number of benzene rings is 1. The zero-order valence-corrected chi connectivity index (χ0v) is 15.1. The number of carbonyl (C=O) groups excluding carboxylic acids is 2. The maximum Gasteiger partial charge on any atom is 0.306 e. The van der Waals surface area contributed by atoms with Crippen LogP contribution in [-0.4, -0.2) is 18.5 Å². The summed E-state index contributed by atoms with van der Waals surface area (Å²) in [5.41, 5.74) is 1.53. The number of carbonyl (C=O) groups is 2. The number of amides is 1. The van der Waals surface area contributed by atoms with Crippen LogP contribution in [0.1, 0.15) is 37.7 Å². The third-order valence-electron chi connectivity index (χ3n) is 5.31. The minimum absolute atomic E-state index is 0.256. The highest BCUT2D eigenvalue weighted by Gasteiger charge is 2.40. The first-order valence-corrected chi connectivity index (χ1v) is 9.49. The van der Waals surface area contributed by atoms with Gasteiger partial charge in [0, 0.05) is 17.0 Å². The van der Waals surface area contributed by atoms with Crippen LogP contribution in [0.2, 0.25) is 0 Å². The van der Waals surface area contributed by atoms with Crippen molar-refractivity contribution >= 4 is 29.3 Å². The highest BCUT2D eigenvalue weighted by molar-refractivity contribution is 8.03. The van der Waals surface area contributed by atoms with Gasteiger partial charge in [0.15, 0.2) is 6.61 Å². The zero-order valence-electron chi connectivity index (χ0n) is 14.3. The molecule has 2 aliphatic carbocycles. The van der Waals surface area contributed by atoms with Crippen molar-refractivity contribution in [2.75, 3.05) is 11.9 Å². The first-order valence-electron chi connectivity index (χ1n) is 8.67. The molecule has 2 fully saturated rings. The molecule has 3 rings (SSSR count). The maximum atomic E-state index is 12.0. The van der Waals surface area contributed by atoms with Gasteiger partial charge < -0.3 is 10.1 Å². The fraction of sp³-hybridized carbons (Fsp3) is 0.526. The smallest absolute Gasteiger partial charge is 0.306 e. The van der Waals surface area contributed by atoms with Crippen LogP contribution in [0.5, 0.6) is 0 Å². The topological polar surface area (TPSA) is 79.2 Å². The van der Waals surface area contributed by atoms with Gasteiger partial charge in [-0.05, 0) is 79.5 Å². The molecule has 0 aliphatic heterocycles. The van der Waals surface area contributed by atoms with Crippen molar-refractivity contribution in [3.63, 3.8) is 0 Å². The van der Waals surface area contributed by atoms with E-state index in [1.165, 1.54) is 19.3 Å². The van der Waals surface area contributed by atoms with Gasteiger partial charge in [-0.3, -0.25) is 9.59 Å². The van der Waals surface area contributed by atoms with E-state index in [2.05, 4.69) is 5.32 Å². The van der Waals surface area contributed by atoms with Gasteiger partial charge in [0.05, 0.1) is 0 Å². The molecule has 2 aliphatic rings. The number of nitrogens with one attached hydrogen (secondary N) is 1. The van der Waals surface area contributed by atoms with Crippen LogP contribution in [0, 0.1) is 35.3 Å². The lowest BCUT2D eigenvalue weighted by Crippen LogP contribution is -2.23. The van der Waals surface area contributed by atoms with Gasteiger partial charge >= 0.3 is 5.97 Å². The van der Waals surface area contributed by atoms with Gasteiger partial charge in [-0.1, -0.05) is 6.42 Å². The van der Waals surface area contributed by atoms with Crippen molar-refractivity contribution in [1.82, 2.24) is 0 Å². The molecule has 2 bridgehead atoms. The Morgan fingerprint density at radius 1 is 1.36 bits per heavy atom. The summed E-state index contributed by atoms with van der Waals surface area (Å²) >= 11 is 1.07. The number of aryl methyl sites for hydroxylation is 1. The van der Waals surface area contributed by atoms with Crippen molar-refractivity contribution in [3.05, 3.63) is 23.8 Å². The number of nitrogens with zero attached hydrogens (tertiary/aromatic N) is 1. The van der Waals surface area contributed by atoms with Crippen LogP contribution in [-0.2, 0) is 14.3 Å². The molecule has 1 aromatic rings. The molecule has 1 N–H and O–H groups in total. The Bertz CT molecular complexity index is 713. The summed E-state index contributed by atoms with van der Waals surface area (Å²) in [5, 5.41) is 13.4. The summed E-state index contributed by atoms with van der Waals surface area (Å²) in [6, 6.07) is 5.37. The number of thioether (sulfide) groups is 1. The lowest BCUT2D eigenvalue weighted by Gasteiger charge is -2.20. The highest BCUT2D eigenvalue weighted by Crippen LogP contribution is 2.49. The Hall–Kier alpha value is -2.00. The van der Waals surface area contributed by atoms with E-state index in [1.54, 1.807) is 12.1 Å². The lowest BCUT2D eigenvalue weighted by molar-refractivity contribution is -0.148. The predicted octanol–water partition coefficient (Wildman–Crippen LogP) is 3.88. The zero-order chi connectivity index (χ0) is 17.8. The Labute approximate surface area is 152 Å². The van der Waals surface area contributed by atoms with E-state index in [0.717, 1.165) is 34.6 Å². The Morgan fingerprint density at radius 2 is 2.20 bits per heavy atom. The van der Waals surface area contributed by atoms with Crippen LogP contribution < -0.4 is 5.32 Å². The highest BCUT2D eigenvalue weighted by atomic mass is 32.2. The average molecular weight is 358 g/mol. The summed E-state index contributed by atoms with van der Waals surface area (Å²) in [5.74, 6) is 1.31. The molecule has 0 aromatic heterocycles. The standard InChI is InChI=1S/C19H22N2O3S/c1-12-6-16(25-11-20)4-5-17(12)21-18(22)10-24-19(23)9-15-8-13-2-3-14(15)7-13/h4-6,13-15H,2-3,7-10H2,1H3,(H,21,22)/t13-,14-,15+/m1/s1. The number of esters is 1. The Morgan fingerprint density at radius 3 is 2.84 bits per heavy atom. The van der Waals surface area contributed by atoms with Crippen molar-refractivity contribution in [2.24, 2.45) is 17.8 Å². The van der Waals surface area contributed by atoms with E-state index < -0.39 is 0 Å². The van der Waals surface area contributed by atoms with Crippen LogP contribution in [0.3, 0.4) is 0 Å². The average Bonchev–Trinajstić information content (AvgIpc) is 3.19. The predicted molar refractivity (Wildman–Crippen MR) is 95.8 cm³/mol. The SMILES string of the molecule is Cc1cc(SC#N)ccc1NC(=O)COC(=O)C[C@@H]1C[C@@H]2CC[C@@H]1C2. The largest absolute Gasteiger partial charge is 0.456 e. The number of fused-ring (bicyclic) bond motifs is 2. The summed E-state index contributed by atoms with van der Waals surface area (Å²) in [6.07, 6.45) is 5.38. The summed E-state index contributed by atoms with van der Waals surface area (Å²) in [7, 11) is 0. The molecule has 2 saturated carbocycles. The second kappa shape index (κ2) is 7.92. The molecule has 132 valence electrons. The van der Waals surface area contributed by atoms with Crippen molar-refractivity contribution in [3.8, 4) is 5.40 Å². The molecule has 1 amide bonds. The molecule has 1 aromatic carbocycles. The van der Waals surface area contributed by atoms with E-state index in [-0.39, 0.29) is 18.5 Å². The van der Waals surface area contributed by atoms with Crippen LogP contribution in [0.25, 0.3) is 0 Å². The number of hydrogen-bond acceptors (Lipinski definition) is 5. The molecule has 0 spiro atoms. The minimum atomic E-state index is -0.343. The Balaban J connectivity index is 1.43. The Kier molecular flexibility index (Phi) is 5.64. The first kappa shape index (κ1) is 17.8. The molecule has 5 nitrogen and oxygen atoms in total. The lowest BCUT2D eigenvalue weighted by atomic mass is 9.86. The maximum absolute atomic E-state index is 12.0. The number of nitriles is 1. The molecular weight excluding hydrogens is 336 g/mol. The van der Waals surface area contributed by atoms with E-state index in [1.807, 2.05) is 18.4 Å². The summed E-state index contributed by atoms with van der Waals surface area (Å²) in [6.45, 7) is 1.60. The second-order valence-corrected chi connectivity index (χ2v) is 7.88. The van der Waals surface area contributed by atoms with Gasteiger partial charge in [-0.25, -0.2) is 0 Å². The quantitative estimate of drug-likeness (QED) is 0.474. The molecule has 3 atom stereocenters. The van der Waals surface area contributed by atoms with E-state index in [9.17, 15) is 9.59 Å². The van der Waals surface area contributed by atoms with E-state index in [0.29, 0.717) is 23.9 Å². The van der Waals surface area contributed by atoms with Gasteiger partial charge in [0.25, 0.3) is 5.91 Å². The number of ether oxygens (including phenoxy) is 1. The van der Waals surface area contributed by atoms with Gasteiger partial charge in [0.1, 0.15) is 5.40 Å². The first-order chi connectivity index (χ1) is 12.0. The summed E-state index contributed by atoms with van der Waals surface area (Å²) in [4.78, 5) is 24.8. The van der Waals surface area contributed by atoms with E-state index in [4.69, 9.17) is 10.00 Å². The number of anilines is 1. The summed E-state index contributed by atoms with van der Waals surface area (Å²) < 4.78 is 5.15. The van der Waals surface area contributed by atoms with Crippen LogP contribution >= 0.6 is 11.8 Å². The number of rotatable bonds is 6. The minimum Gasteiger partial charge on any atom is -0.456 e.